The fourth-order valence-electron chi connectivity index (χ4n) is 0.646. The van der Waals surface area contributed by atoms with E-state index < -0.39 is 5.97 Å². The maximum Gasteiger partial charge on any atom is 0.352 e. The molecule has 1 aromatic rings. The Labute approximate surface area is 107 Å². The maximum atomic E-state index is 10.4. The normalized spacial score (nSPS) is 8.79. The first kappa shape index (κ1) is 13.8. The van der Waals surface area contributed by atoms with Crippen molar-refractivity contribution in [3.63, 3.8) is 0 Å². The molecule has 1 aromatic carbocycles. The molecule has 0 atom stereocenters. The zero-order valence-electron chi connectivity index (χ0n) is 6.71. The van der Waals surface area contributed by atoms with Crippen LogP contribution in [0.2, 0.25) is 10.0 Å². The largest absolute Gasteiger partial charge is 0.352 e. The molecule has 1 rings (SSSR count). The third-order valence-corrected chi connectivity index (χ3v) is 1.67. The van der Waals surface area contributed by atoms with E-state index in [0.717, 1.165) is 0 Å². The third kappa shape index (κ3) is 4.37. The van der Waals surface area contributed by atoms with Crippen molar-refractivity contribution in [2.45, 2.75) is 6.92 Å². The molecule has 14 heavy (non-hydrogen) atoms. The van der Waals surface area contributed by atoms with Gasteiger partial charge in [0.1, 0.15) is 0 Å². The molecule has 0 aliphatic rings. The summed E-state index contributed by atoms with van der Waals surface area (Å²) < 4.78 is 0. The van der Waals surface area contributed by atoms with E-state index in [1.165, 1.54) is 19.1 Å². The lowest BCUT2D eigenvalue weighted by Crippen LogP contribution is -2.02. The zero-order valence-corrected chi connectivity index (χ0v) is 8.22. The van der Waals surface area contributed by atoms with Crippen molar-refractivity contribution in [2.24, 2.45) is 0 Å². The van der Waals surface area contributed by atoms with Crippen LogP contribution >= 0.6 is 23.2 Å². The molecule has 6 heteroatoms. The molecule has 0 saturated heterocycles. The second kappa shape index (κ2) is 6.34. The smallest absolute Gasteiger partial charge is 0.285 e. The summed E-state index contributed by atoms with van der Waals surface area (Å²) in [5.74, 6) is -0.299. The van der Waals surface area contributed by atoms with Gasteiger partial charge in [0.2, 0.25) is 0 Å². The van der Waals surface area contributed by atoms with Gasteiger partial charge in [-0.05, 0) is 18.2 Å². The SMILES string of the molecule is CC(=O)OOc1ccc(Cl)cc1Cl.[MgH2]. The van der Waals surface area contributed by atoms with Gasteiger partial charge in [-0.25, -0.2) is 4.79 Å². The van der Waals surface area contributed by atoms with E-state index in [-0.39, 0.29) is 33.8 Å². The zero-order chi connectivity index (χ0) is 9.84. The van der Waals surface area contributed by atoms with E-state index in [9.17, 15) is 4.79 Å². The highest BCUT2D eigenvalue weighted by molar-refractivity contribution is 6.35. The van der Waals surface area contributed by atoms with E-state index in [1.807, 2.05) is 0 Å². The second-order valence-electron chi connectivity index (χ2n) is 2.23. The lowest BCUT2D eigenvalue weighted by atomic mass is 10.3. The number of carbonyl (C=O) groups excluding carboxylic acids is 1. The molecule has 0 aliphatic heterocycles. The van der Waals surface area contributed by atoms with E-state index in [0.29, 0.717) is 5.02 Å². The highest BCUT2D eigenvalue weighted by atomic mass is 35.5. The first-order chi connectivity index (χ1) is 6.09. The van der Waals surface area contributed by atoms with Gasteiger partial charge < -0.3 is 0 Å². The highest BCUT2D eigenvalue weighted by Crippen LogP contribution is 2.27. The van der Waals surface area contributed by atoms with Gasteiger partial charge in [0.05, 0.1) is 5.02 Å². The summed E-state index contributed by atoms with van der Waals surface area (Å²) in [7, 11) is 0. The first-order valence-corrected chi connectivity index (χ1v) is 4.15. The van der Waals surface area contributed by atoms with Crippen LogP contribution in [0.1, 0.15) is 6.92 Å². The summed E-state index contributed by atoms with van der Waals surface area (Å²) in [5, 5.41) is 0.772. The minimum Gasteiger partial charge on any atom is -0.285 e. The summed E-state index contributed by atoms with van der Waals surface area (Å²) in [6.07, 6.45) is 0. The van der Waals surface area contributed by atoms with Crippen molar-refractivity contribution in [2.75, 3.05) is 0 Å². The number of rotatable bonds is 2. The Morgan fingerprint density at radius 2 is 2.00 bits per heavy atom. The summed E-state index contributed by atoms with van der Waals surface area (Å²) in [6.45, 7) is 1.23. The predicted octanol–water partition coefficient (Wildman–Crippen LogP) is 1.93. The van der Waals surface area contributed by atoms with Gasteiger partial charge in [-0.3, -0.25) is 9.78 Å². The Morgan fingerprint density at radius 1 is 1.36 bits per heavy atom. The number of halogens is 2. The average molecular weight is 247 g/mol. The Hall–Kier alpha value is -0.164. The van der Waals surface area contributed by atoms with E-state index >= 15 is 0 Å². The Bertz CT molecular complexity index is 330. The van der Waals surface area contributed by atoms with Crippen molar-refractivity contribution in [1.82, 2.24) is 0 Å². The molecule has 0 fully saturated rings. The quantitative estimate of drug-likeness (QED) is 0.455. The van der Waals surface area contributed by atoms with Crippen LogP contribution in [0.25, 0.3) is 0 Å². The van der Waals surface area contributed by atoms with Gasteiger partial charge in [0, 0.05) is 11.9 Å². The lowest BCUT2D eigenvalue weighted by Gasteiger charge is -2.03. The molecule has 3 nitrogen and oxygen atoms in total. The van der Waals surface area contributed by atoms with Gasteiger partial charge in [-0.1, -0.05) is 23.2 Å². The van der Waals surface area contributed by atoms with Gasteiger partial charge in [0.25, 0.3) is 0 Å². The average Bonchev–Trinajstić information content (AvgIpc) is 2.02. The van der Waals surface area contributed by atoms with Crippen LogP contribution in [-0.2, 0) is 9.68 Å². The topological polar surface area (TPSA) is 35.5 Å². The summed E-state index contributed by atoms with van der Waals surface area (Å²) in [5.41, 5.74) is 0. The molecule has 0 heterocycles. The molecular weight excluding hydrogens is 239 g/mol. The Kier molecular flexibility index (Phi) is 6.27. The van der Waals surface area contributed by atoms with Gasteiger partial charge >= 0.3 is 29.0 Å². The molecule has 0 N–H and O–H groups in total. The molecule has 0 aliphatic carbocycles. The van der Waals surface area contributed by atoms with Crippen molar-refractivity contribution in [3.8, 4) is 5.75 Å². The molecule has 0 spiro atoms. The number of carbonyl (C=O) groups is 1. The van der Waals surface area contributed by atoms with Crippen LogP contribution in [0.4, 0.5) is 0 Å². The van der Waals surface area contributed by atoms with E-state index in [4.69, 9.17) is 23.2 Å². The first-order valence-electron chi connectivity index (χ1n) is 3.40. The molecule has 0 aromatic heterocycles. The minimum atomic E-state index is -0.550. The molecule has 0 amide bonds. The fourth-order valence-corrected chi connectivity index (χ4v) is 1.09. The molecule has 0 unspecified atom stereocenters. The van der Waals surface area contributed by atoms with Crippen LogP contribution in [0, 0.1) is 0 Å². The fraction of sp³-hybridized carbons (Fsp3) is 0.125. The standard InChI is InChI=1S/C8H6Cl2O3.Mg.2H/c1-5(11)12-13-8-3-2-6(9)4-7(8)10;;;/h2-4H,1H3;;;. The third-order valence-electron chi connectivity index (χ3n) is 1.14. The van der Waals surface area contributed by atoms with Gasteiger partial charge in [0.15, 0.2) is 5.75 Å². The van der Waals surface area contributed by atoms with Crippen LogP contribution < -0.4 is 4.89 Å². The number of hydrogen-bond acceptors (Lipinski definition) is 3. The van der Waals surface area contributed by atoms with Crippen LogP contribution in [-0.4, -0.2) is 29.0 Å². The second-order valence-corrected chi connectivity index (χ2v) is 3.08. The highest BCUT2D eigenvalue weighted by Gasteiger charge is 2.04. The lowest BCUT2D eigenvalue weighted by molar-refractivity contribution is -0.210. The molecular formula is C8H8Cl2MgO3. The monoisotopic (exact) mass is 246 g/mol. The van der Waals surface area contributed by atoms with Crippen molar-refractivity contribution < 1.29 is 14.6 Å². The molecule has 0 radical (unpaired) electrons. The molecule has 0 saturated carbocycles. The van der Waals surface area contributed by atoms with E-state index in [2.05, 4.69) is 9.78 Å². The summed E-state index contributed by atoms with van der Waals surface area (Å²) in [6, 6.07) is 4.57. The van der Waals surface area contributed by atoms with Gasteiger partial charge in [-0.15, -0.1) is 0 Å². The van der Waals surface area contributed by atoms with Gasteiger partial charge in [-0.2, -0.15) is 0 Å². The van der Waals surface area contributed by atoms with Crippen molar-refractivity contribution in [3.05, 3.63) is 28.2 Å². The molecule has 0 bridgehead atoms. The summed E-state index contributed by atoms with van der Waals surface area (Å²) in [4.78, 5) is 19.3. The predicted molar refractivity (Wildman–Crippen MR) is 57.4 cm³/mol. The number of hydrogen-bond donors (Lipinski definition) is 0. The number of benzene rings is 1. The Balaban J connectivity index is 0.00000169. The maximum absolute atomic E-state index is 10.4. The van der Waals surface area contributed by atoms with Crippen molar-refractivity contribution in [1.29, 1.82) is 0 Å². The van der Waals surface area contributed by atoms with E-state index in [1.54, 1.807) is 6.07 Å². The van der Waals surface area contributed by atoms with Crippen LogP contribution in [0.5, 0.6) is 5.75 Å². The van der Waals surface area contributed by atoms with Crippen LogP contribution in [0.3, 0.4) is 0 Å². The minimum absolute atomic E-state index is 0. The summed E-state index contributed by atoms with van der Waals surface area (Å²) >= 11 is 11.3. The van der Waals surface area contributed by atoms with Crippen LogP contribution in [0.15, 0.2) is 18.2 Å². The Morgan fingerprint density at radius 3 is 2.50 bits per heavy atom. The van der Waals surface area contributed by atoms with Crippen molar-refractivity contribution >= 4 is 52.2 Å². The molecule has 74 valence electrons.